The number of halogens is 3. The number of aromatic nitrogens is 1. The van der Waals surface area contributed by atoms with Gasteiger partial charge in [-0.1, -0.05) is 6.07 Å². The van der Waals surface area contributed by atoms with Crippen molar-refractivity contribution in [2.24, 2.45) is 0 Å². The van der Waals surface area contributed by atoms with Crippen molar-refractivity contribution in [1.82, 2.24) is 20.5 Å². The molecule has 0 saturated carbocycles. The monoisotopic (exact) mass is 600 g/mol. The first-order chi connectivity index (χ1) is 20.5. The SMILES string of the molecule is COc1ccc2cc1OCC(=O)NCc1ccc(c(OC)c1)O[C@H]1CN(C(=O)c3ccc(C(F)(F)F)nc3)C[C@@H]1NC2=O. The van der Waals surface area contributed by atoms with E-state index in [1.165, 1.54) is 37.3 Å². The molecule has 1 aromatic heterocycles. The average Bonchev–Trinajstić information content (AvgIpc) is 3.39. The molecule has 3 aliphatic heterocycles. The van der Waals surface area contributed by atoms with Crippen LogP contribution in [0.1, 0.15) is 32.0 Å². The van der Waals surface area contributed by atoms with Gasteiger partial charge in [0, 0.05) is 24.8 Å². The minimum absolute atomic E-state index is 0.00272. The smallest absolute Gasteiger partial charge is 0.433 e. The van der Waals surface area contributed by atoms with Crippen molar-refractivity contribution in [2.45, 2.75) is 24.9 Å². The van der Waals surface area contributed by atoms with Gasteiger partial charge in [0.2, 0.25) is 0 Å². The molecule has 0 unspecified atom stereocenters. The summed E-state index contributed by atoms with van der Waals surface area (Å²) >= 11 is 0. The number of ether oxygens (including phenoxy) is 4. The summed E-state index contributed by atoms with van der Waals surface area (Å²) in [7, 11) is 2.87. The van der Waals surface area contributed by atoms with Crippen molar-refractivity contribution in [1.29, 1.82) is 0 Å². The molecule has 0 radical (unpaired) electrons. The topological polar surface area (TPSA) is 128 Å². The molecule has 2 atom stereocenters. The lowest BCUT2D eigenvalue weighted by Crippen LogP contribution is -2.45. The van der Waals surface area contributed by atoms with Crippen LogP contribution >= 0.6 is 0 Å². The number of amides is 3. The highest BCUT2D eigenvalue weighted by atomic mass is 19.4. The Morgan fingerprint density at radius 1 is 1.00 bits per heavy atom. The number of rotatable bonds is 3. The second-order valence-electron chi connectivity index (χ2n) is 9.79. The second-order valence-corrected chi connectivity index (χ2v) is 9.79. The lowest BCUT2D eigenvalue weighted by molar-refractivity contribution is -0.141. The summed E-state index contributed by atoms with van der Waals surface area (Å²) in [5.74, 6) is -0.336. The molecule has 11 nitrogen and oxygen atoms in total. The zero-order valence-corrected chi connectivity index (χ0v) is 23.1. The van der Waals surface area contributed by atoms with Crippen LogP contribution in [-0.4, -0.2) is 73.7 Å². The molecule has 226 valence electrons. The summed E-state index contributed by atoms with van der Waals surface area (Å²) in [6.07, 6.45) is -4.54. The van der Waals surface area contributed by atoms with Crippen LogP contribution in [0.25, 0.3) is 0 Å². The van der Waals surface area contributed by atoms with E-state index in [4.69, 9.17) is 18.9 Å². The lowest BCUT2D eigenvalue weighted by Gasteiger charge is -2.22. The number of hydrogen-bond acceptors (Lipinski definition) is 8. The van der Waals surface area contributed by atoms with Crippen LogP contribution in [0.4, 0.5) is 13.2 Å². The molecular formula is C29H27F3N4O7. The van der Waals surface area contributed by atoms with Crippen LogP contribution < -0.4 is 29.6 Å². The van der Waals surface area contributed by atoms with E-state index in [0.29, 0.717) is 22.8 Å². The number of pyridine rings is 1. The van der Waals surface area contributed by atoms with E-state index in [-0.39, 0.29) is 43.1 Å². The molecule has 2 N–H and O–H groups in total. The molecule has 43 heavy (non-hydrogen) atoms. The Balaban J connectivity index is 1.46. The molecule has 0 aliphatic carbocycles. The molecular weight excluding hydrogens is 573 g/mol. The van der Waals surface area contributed by atoms with E-state index >= 15 is 0 Å². The second kappa shape index (κ2) is 12.1. The zero-order chi connectivity index (χ0) is 30.7. The highest BCUT2D eigenvalue weighted by Gasteiger charge is 2.39. The fourth-order valence-corrected chi connectivity index (χ4v) is 4.73. The van der Waals surface area contributed by atoms with Gasteiger partial charge in [0.05, 0.1) is 32.4 Å². The van der Waals surface area contributed by atoms with Gasteiger partial charge in [-0.3, -0.25) is 19.4 Å². The van der Waals surface area contributed by atoms with Gasteiger partial charge in [-0.15, -0.1) is 0 Å². The number of benzene rings is 2. The maximum absolute atomic E-state index is 13.4. The molecule has 2 aromatic carbocycles. The number of carbonyl (C=O) groups is 3. The molecule has 1 fully saturated rings. The largest absolute Gasteiger partial charge is 0.493 e. The Bertz CT molecular complexity index is 1530. The van der Waals surface area contributed by atoms with Crippen molar-refractivity contribution in [3.05, 3.63) is 77.1 Å². The molecule has 3 aromatic rings. The van der Waals surface area contributed by atoms with Crippen molar-refractivity contribution >= 4 is 17.7 Å². The summed E-state index contributed by atoms with van der Waals surface area (Å²) < 4.78 is 61.6. The van der Waals surface area contributed by atoms with Crippen LogP contribution in [0.5, 0.6) is 23.0 Å². The number of nitrogens with one attached hydrogen (secondary N) is 2. The number of likely N-dealkylation sites (tertiary alicyclic amines) is 1. The summed E-state index contributed by atoms with van der Waals surface area (Å²) in [6, 6.07) is 10.6. The fourth-order valence-electron chi connectivity index (χ4n) is 4.73. The van der Waals surface area contributed by atoms with E-state index in [2.05, 4.69) is 15.6 Å². The van der Waals surface area contributed by atoms with Crippen LogP contribution in [0, 0.1) is 0 Å². The third kappa shape index (κ3) is 6.58. The molecule has 14 heteroatoms. The van der Waals surface area contributed by atoms with Gasteiger partial charge in [-0.25, -0.2) is 0 Å². The van der Waals surface area contributed by atoms with Gasteiger partial charge in [-0.2, -0.15) is 13.2 Å². The maximum atomic E-state index is 13.4. The fraction of sp³-hybridized carbons (Fsp3) is 0.310. The Morgan fingerprint density at radius 2 is 1.79 bits per heavy atom. The Hall–Kier alpha value is -5.01. The molecule has 3 aliphatic rings. The predicted octanol–water partition coefficient (Wildman–Crippen LogP) is 2.83. The number of hydrogen-bond donors (Lipinski definition) is 2. The minimum Gasteiger partial charge on any atom is -0.493 e. The van der Waals surface area contributed by atoms with E-state index in [9.17, 15) is 27.6 Å². The van der Waals surface area contributed by atoms with Gasteiger partial charge in [0.25, 0.3) is 17.7 Å². The van der Waals surface area contributed by atoms with Gasteiger partial charge in [0.1, 0.15) is 11.8 Å². The number of nitrogens with zero attached hydrogens (tertiary/aromatic N) is 2. The standard InChI is InChI=1S/C29H27F3N4O7/c1-40-20-7-4-17-10-23(20)42-15-26(37)34-11-16-3-6-21(22(9-16)41-2)43-24-14-36(13-19(24)35-27(17)38)28(39)18-5-8-25(33-12-18)29(30,31)32/h3-10,12,19,24H,11,13-15H2,1-2H3,(H,34,37)(H,35,38)/t19-,24-/m0/s1. The predicted molar refractivity (Wildman–Crippen MR) is 144 cm³/mol. The Morgan fingerprint density at radius 3 is 2.49 bits per heavy atom. The minimum atomic E-state index is -4.64. The van der Waals surface area contributed by atoms with Crippen molar-refractivity contribution < 1.29 is 46.5 Å². The van der Waals surface area contributed by atoms with Crippen molar-refractivity contribution in [3.63, 3.8) is 0 Å². The van der Waals surface area contributed by atoms with Crippen LogP contribution in [-0.2, 0) is 17.5 Å². The first kappa shape index (κ1) is 29.5. The Kier molecular flexibility index (Phi) is 8.28. The third-order valence-electron chi connectivity index (χ3n) is 6.95. The zero-order valence-electron chi connectivity index (χ0n) is 23.1. The van der Waals surface area contributed by atoms with Crippen molar-refractivity contribution in [3.8, 4) is 23.0 Å². The van der Waals surface area contributed by atoms with Crippen LogP contribution in [0.2, 0.25) is 0 Å². The first-order valence-corrected chi connectivity index (χ1v) is 13.1. The van der Waals surface area contributed by atoms with Gasteiger partial charge in [0.15, 0.2) is 29.6 Å². The number of alkyl halides is 3. The number of fused-ring (bicyclic) bond motifs is 7. The van der Waals surface area contributed by atoms with E-state index in [1.54, 1.807) is 18.2 Å². The van der Waals surface area contributed by atoms with E-state index < -0.39 is 41.7 Å². The molecule has 3 amide bonds. The average molecular weight is 601 g/mol. The molecule has 4 bridgehead atoms. The van der Waals surface area contributed by atoms with E-state index in [1.807, 2.05) is 0 Å². The number of carbonyl (C=O) groups excluding carboxylic acids is 3. The molecule has 6 rings (SSSR count). The maximum Gasteiger partial charge on any atom is 0.433 e. The summed E-state index contributed by atoms with van der Waals surface area (Å²) in [5, 5.41) is 5.63. The molecule has 0 spiro atoms. The van der Waals surface area contributed by atoms with Crippen LogP contribution in [0.3, 0.4) is 0 Å². The first-order valence-electron chi connectivity index (χ1n) is 13.1. The lowest BCUT2D eigenvalue weighted by atomic mass is 10.1. The van der Waals surface area contributed by atoms with Crippen molar-refractivity contribution in [2.75, 3.05) is 33.9 Å². The summed E-state index contributed by atoms with van der Waals surface area (Å²) in [5.41, 5.74) is -0.259. The molecule has 4 heterocycles. The highest BCUT2D eigenvalue weighted by Crippen LogP contribution is 2.32. The Labute approximate surface area is 243 Å². The normalized spacial score (nSPS) is 18.9. The van der Waals surface area contributed by atoms with E-state index in [0.717, 1.165) is 18.3 Å². The number of methoxy groups -OCH3 is 2. The van der Waals surface area contributed by atoms with Crippen LogP contribution in [0.15, 0.2) is 54.7 Å². The highest BCUT2D eigenvalue weighted by molar-refractivity contribution is 5.96. The quantitative estimate of drug-likeness (QED) is 0.470. The molecule has 1 saturated heterocycles. The third-order valence-corrected chi connectivity index (χ3v) is 6.95. The van der Waals surface area contributed by atoms with Gasteiger partial charge >= 0.3 is 6.18 Å². The van der Waals surface area contributed by atoms with Gasteiger partial charge < -0.3 is 34.5 Å². The summed E-state index contributed by atoms with van der Waals surface area (Å²) in [6.45, 7) is -0.163. The van der Waals surface area contributed by atoms with Gasteiger partial charge in [-0.05, 0) is 48.0 Å². The summed E-state index contributed by atoms with van der Waals surface area (Å²) in [4.78, 5) is 43.8.